The molecular formula is C19H20N4O6S2. The van der Waals surface area contributed by atoms with E-state index in [2.05, 4.69) is 15.6 Å². The van der Waals surface area contributed by atoms with E-state index in [1.165, 1.54) is 30.5 Å². The minimum Gasteiger partial charge on any atom is -0.505 e. The molecule has 0 bridgehead atoms. The first kappa shape index (κ1) is 22.4. The Labute approximate surface area is 182 Å². The lowest BCUT2D eigenvalue weighted by molar-refractivity contribution is -0.120. The maximum Gasteiger partial charge on any atom is 0.278 e. The van der Waals surface area contributed by atoms with E-state index in [4.69, 9.17) is 0 Å². The summed E-state index contributed by atoms with van der Waals surface area (Å²) in [5, 5.41) is 15.8. The van der Waals surface area contributed by atoms with E-state index in [1.54, 1.807) is 13.1 Å². The predicted molar refractivity (Wildman–Crippen MR) is 114 cm³/mol. The van der Waals surface area contributed by atoms with Crippen LogP contribution in [0.4, 0.5) is 5.13 Å². The Bertz CT molecular complexity index is 1220. The van der Waals surface area contributed by atoms with Crippen molar-refractivity contribution in [3.63, 3.8) is 0 Å². The lowest BCUT2D eigenvalue weighted by Gasteiger charge is -2.28. The van der Waals surface area contributed by atoms with Gasteiger partial charge in [0.05, 0.1) is 4.90 Å². The summed E-state index contributed by atoms with van der Waals surface area (Å²) in [6.07, 6.45) is 1.41. The molecule has 1 aromatic carbocycles. The molecule has 0 saturated carbocycles. The van der Waals surface area contributed by atoms with Crippen molar-refractivity contribution in [3.05, 3.63) is 46.1 Å². The maximum atomic E-state index is 13.0. The first-order valence-electron chi connectivity index (χ1n) is 9.10. The molecule has 1 aliphatic heterocycles. The molecule has 12 heteroatoms. The lowest BCUT2D eigenvalue weighted by Crippen LogP contribution is -2.37. The number of sulfonamides is 1. The highest BCUT2D eigenvalue weighted by Gasteiger charge is 2.38. The summed E-state index contributed by atoms with van der Waals surface area (Å²) in [6, 6.07) is 3.76. The van der Waals surface area contributed by atoms with Crippen LogP contribution in [-0.2, 0) is 19.6 Å². The Morgan fingerprint density at radius 2 is 1.94 bits per heavy atom. The van der Waals surface area contributed by atoms with Gasteiger partial charge in [0, 0.05) is 49.1 Å². The van der Waals surface area contributed by atoms with Crippen molar-refractivity contribution in [2.24, 2.45) is 0 Å². The average Bonchev–Trinajstić information content (AvgIpc) is 3.14. The smallest absolute Gasteiger partial charge is 0.278 e. The van der Waals surface area contributed by atoms with Gasteiger partial charge in [-0.15, -0.1) is 11.3 Å². The second-order valence-corrected chi connectivity index (χ2v) is 9.88. The van der Waals surface area contributed by atoms with E-state index >= 15 is 0 Å². The fourth-order valence-electron chi connectivity index (χ4n) is 2.97. The number of benzene rings is 1. The SMILES string of the molecule is CNC(=O)CCC(=O)c1ccc2c(c1)S(=O)(=O)N(C)C(C(=O)Nc1ncc(C)s1)=C2O. The zero-order valence-corrected chi connectivity index (χ0v) is 18.6. The molecule has 31 heavy (non-hydrogen) atoms. The molecule has 0 radical (unpaired) electrons. The van der Waals surface area contributed by atoms with Gasteiger partial charge >= 0.3 is 0 Å². The van der Waals surface area contributed by atoms with Crippen molar-refractivity contribution in [2.75, 3.05) is 19.4 Å². The van der Waals surface area contributed by atoms with Crippen molar-refractivity contribution >= 4 is 49.8 Å². The van der Waals surface area contributed by atoms with Crippen molar-refractivity contribution in [2.45, 2.75) is 24.7 Å². The van der Waals surface area contributed by atoms with Crippen LogP contribution < -0.4 is 10.6 Å². The van der Waals surface area contributed by atoms with Gasteiger partial charge in [-0.05, 0) is 19.1 Å². The van der Waals surface area contributed by atoms with Gasteiger partial charge < -0.3 is 10.4 Å². The van der Waals surface area contributed by atoms with Crippen LogP contribution in [0, 0.1) is 6.92 Å². The molecule has 2 aromatic rings. The zero-order valence-electron chi connectivity index (χ0n) is 16.9. The number of hydrogen-bond acceptors (Lipinski definition) is 8. The van der Waals surface area contributed by atoms with E-state index < -0.39 is 33.2 Å². The third-order valence-corrected chi connectivity index (χ3v) is 7.28. The molecule has 0 spiro atoms. The summed E-state index contributed by atoms with van der Waals surface area (Å²) in [5.74, 6) is -2.11. The van der Waals surface area contributed by atoms with Crippen LogP contribution >= 0.6 is 11.3 Å². The monoisotopic (exact) mass is 464 g/mol. The van der Waals surface area contributed by atoms with E-state index in [0.717, 1.165) is 18.0 Å². The minimum absolute atomic E-state index is 0.0369. The number of anilines is 1. The summed E-state index contributed by atoms with van der Waals surface area (Å²) in [6.45, 7) is 1.80. The van der Waals surface area contributed by atoms with Crippen molar-refractivity contribution in [3.8, 4) is 0 Å². The first-order valence-corrected chi connectivity index (χ1v) is 11.4. The molecule has 2 heterocycles. The number of carbonyl (C=O) groups excluding carboxylic acids is 3. The van der Waals surface area contributed by atoms with E-state index in [0.29, 0.717) is 4.31 Å². The van der Waals surface area contributed by atoms with Crippen LogP contribution in [0.1, 0.15) is 33.6 Å². The molecule has 2 amide bonds. The fourth-order valence-corrected chi connectivity index (χ4v) is 5.05. The highest BCUT2D eigenvalue weighted by Crippen LogP contribution is 2.36. The third-order valence-electron chi connectivity index (χ3n) is 4.65. The molecule has 0 atom stereocenters. The van der Waals surface area contributed by atoms with Crippen LogP contribution in [0.5, 0.6) is 0 Å². The van der Waals surface area contributed by atoms with E-state index in [1.807, 2.05) is 0 Å². The number of aromatic nitrogens is 1. The Morgan fingerprint density at radius 1 is 1.23 bits per heavy atom. The number of amides is 2. The van der Waals surface area contributed by atoms with Crippen molar-refractivity contribution in [1.29, 1.82) is 0 Å². The van der Waals surface area contributed by atoms with Gasteiger partial charge in [0.15, 0.2) is 22.4 Å². The highest BCUT2D eigenvalue weighted by atomic mass is 32.2. The van der Waals surface area contributed by atoms with Crippen LogP contribution in [0.3, 0.4) is 0 Å². The van der Waals surface area contributed by atoms with Crippen molar-refractivity contribution in [1.82, 2.24) is 14.6 Å². The number of nitrogens with one attached hydrogen (secondary N) is 2. The summed E-state index contributed by atoms with van der Waals surface area (Å²) in [4.78, 5) is 40.9. The number of aliphatic hydroxyl groups excluding tert-OH is 1. The van der Waals surface area contributed by atoms with Crippen LogP contribution in [-0.4, -0.2) is 54.5 Å². The summed E-state index contributed by atoms with van der Waals surface area (Å²) in [5.41, 5.74) is -0.473. The van der Waals surface area contributed by atoms with Gasteiger partial charge in [0.1, 0.15) is 0 Å². The normalized spacial score (nSPS) is 14.7. The molecule has 3 N–H and O–H groups in total. The number of nitrogens with zero attached hydrogens (tertiary/aromatic N) is 2. The molecule has 1 aliphatic rings. The Hall–Kier alpha value is -3.25. The Kier molecular flexibility index (Phi) is 6.13. The van der Waals surface area contributed by atoms with E-state index in [9.17, 15) is 27.9 Å². The summed E-state index contributed by atoms with van der Waals surface area (Å²) >= 11 is 1.20. The maximum absolute atomic E-state index is 13.0. The van der Waals surface area contributed by atoms with Gasteiger partial charge in [-0.25, -0.2) is 13.4 Å². The van der Waals surface area contributed by atoms with Gasteiger partial charge in [0.2, 0.25) is 5.91 Å². The molecule has 0 unspecified atom stereocenters. The van der Waals surface area contributed by atoms with Gasteiger partial charge in [0.25, 0.3) is 15.9 Å². The number of Topliss-reactive ketones (excluding diaryl/α,β-unsaturated/α-hetero) is 1. The van der Waals surface area contributed by atoms with Crippen LogP contribution in [0.25, 0.3) is 5.76 Å². The third kappa shape index (κ3) is 4.30. The number of aliphatic hydroxyl groups is 1. The molecule has 0 saturated heterocycles. The number of carbonyl (C=O) groups is 3. The number of aryl methyl sites for hydroxylation is 1. The molecule has 0 aliphatic carbocycles. The number of fused-ring (bicyclic) bond motifs is 1. The zero-order chi connectivity index (χ0) is 22.9. The fraction of sp³-hybridized carbons (Fsp3) is 0.263. The summed E-state index contributed by atoms with van der Waals surface area (Å²) < 4.78 is 26.7. The second kappa shape index (κ2) is 8.47. The number of hydrogen-bond donors (Lipinski definition) is 3. The van der Waals surface area contributed by atoms with Gasteiger partial charge in [-0.1, -0.05) is 6.07 Å². The molecule has 3 rings (SSSR count). The minimum atomic E-state index is -4.22. The average molecular weight is 465 g/mol. The Morgan fingerprint density at radius 3 is 2.55 bits per heavy atom. The molecular weight excluding hydrogens is 444 g/mol. The van der Waals surface area contributed by atoms with Crippen LogP contribution in [0.2, 0.25) is 0 Å². The lowest BCUT2D eigenvalue weighted by atomic mass is 10.0. The first-order chi connectivity index (χ1) is 14.6. The number of rotatable bonds is 6. The van der Waals surface area contributed by atoms with Crippen molar-refractivity contribution < 1.29 is 27.9 Å². The molecule has 164 valence electrons. The van der Waals surface area contributed by atoms with Gasteiger partial charge in [-0.3, -0.25) is 24.0 Å². The Balaban J connectivity index is 1.98. The number of likely N-dealkylation sites (N-methyl/N-ethyl adjacent to an activating group) is 1. The summed E-state index contributed by atoms with van der Waals surface area (Å²) in [7, 11) is -1.63. The molecule has 10 nitrogen and oxygen atoms in total. The number of ketones is 1. The van der Waals surface area contributed by atoms with Crippen LogP contribution in [0.15, 0.2) is 35.0 Å². The largest absolute Gasteiger partial charge is 0.505 e. The number of thiazole rings is 1. The standard InChI is InChI=1S/C19H20N4O6S2/c1-10-9-21-19(30-10)22-18(27)16-17(26)12-5-4-11(13(24)6-7-15(25)20-2)8-14(12)31(28,29)23(16)3/h4-5,8-9,26H,6-7H2,1-3H3,(H,20,25)(H,21,22,27). The van der Waals surface area contributed by atoms with E-state index in [-0.39, 0.29) is 39.9 Å². The highest BCUT2D eigenvalue weighted by molar-refractivity contribution is 7.89. The molecule has 1 aromatic heterocycles. The topological polar surface area (TPSA) is 146 Å². The van der Waals surface area contributed by atoms with Gasteiger partial charge in [-0.2, -0.15) is 0 Å². The second-order valence-electron chi connectivity index (χ2n) is 6.71. The molecule has 0 fully saturated rings. The quantitative estimate of drug-likeness (QED) is 0.551. The predicted octanol–water partition coefficient (Wildman–Crippen LogP) is 1.66.